The number of carbonyl (C=O) groups excluding carboxylic acids is 1. The molecule has 1 aromatic heterocycles. The molecule has 0 bridgehead atoms. The summed E-state index contributed by atoms with van der Waals surface area (Å²) in [6, 6.07) is 0. The van der Waals surface area contributed by atoms with E-state index in [-0.39, 0.29) is 5.91 Å². The van der Waals surface area contributed by atoms with E-state index < -0.39 is 0 Å². The second kappa shape index (κ2) is 4.66. The number of halogens is 1. The number of likely N-dealkylation sites (tertiary alicyclic amines) is 1. The van der Waals surface area contributed by atoms with E-state index in [0.717, 1.165) is 18.7 Å². The lowest BCUT2D eigenvalue weighted by molar-refractivity contribution is -0.127. The summed E-state index contributed by atoms with van der Waals surface area (Å²) in [7, 11) is 0. The monoisotopic (exact) mass is 228 g/mol. The highest BCUT2D eigenvalue weighted by atomic mass is 35.5. The molecule has 1 unspecified atom stereocenters. The molecule has 0 aromatic carbocycles. The fourth-order valence-electron chi connectivity index (χ4n) is 1.78. The molecule has 0 radical (unpaired) electrons. The van der Waals surface area contributed by atoms with Gasteiger partial charge in [0, 0.05) is 31.8 Å². The first-order valence-electron chi connectivity index (χ1n) is 5.00. The first kappa shape index (κ1) is 10.5. The van der Waals surface area contributed by atoms with Crippen LogP contribution in [0.2, 0.25) is 0 Å². The Morgan fingerprint density at radius 2 is 2.53 bits per heavy atom. The van der Waals surface area contributed by atoms with Crippen molar-refractivity contribution < 1.29 is 9.21 Å². The van der Waals surface area contributed by atoms with Crippen molar-refractivity contribution in [1.82, 2.24) is 9.88 Å². The van der Waals surface area contributed by atoms with Crippen LogP contribution in [0.15, 0.2) is 17.1 Å². The number of amides is 1. The number of nitrogens with zero attached hydrogens (tertiary/aromatic N) is 2. The zero-order chi connectivity index (χ0) is 10.7. The van der Waals surface area contributed by atoms with E-state index in [4.69, 9.17) is 16.0 Å². The summed E-state index contributed by atoms with van der Waals surface area (Å²) in [6.45, 7) is 1.49. The molecule has 2 heterocycles. The second-order valence-electron chi connectivity index (χ2n) is 3.79. The van der Waals surface area contributed by atoms with Crippen LogP contribution in [0.1, 0.15) is 12.1 Å². The molecule has 0 N–H and O–H groups in total. The smallest absolute Gasteiger partial charge is 0.222 e. The van der Waals surface area contributed by atoms with Gasteiger partial charge in [0.1, 0.15) is 6.26 Å². The van der Waals surface area contributed by atoms with Crippen LogP contribution in [0.3, 0.4) is 0 Å². The van der Waals surface area contributed by atoms with Crippen molar-refractivity contribution in [3.05, 3.63) is 18.4 Å². The van der Waals surface area contributed by atoms with E-state index in [2.05, 4.69) is 4.98 Å². The number of rotatable bonds is 4. The van der Waals surface area contributed by atoms with Gasteiger partial charge < -0.3 is 9.32 Å². The van der Waals surface area contributed by atoms with Crippen LogP contribution >= 0.6 is 11.6 Å². The first-order valence-corrected chi connectivity index (χ1v) is 5.54. The lowest BCUT2D eigenvalue weighted by Gasteiger charge is -2.14. The number of carbonyl (C=O) groups is 1. The molecule has 15 heavy (non-hydrogen) atoms. The van der Waals surface area contributed by atoms with Gasteiger partial charge in [-0.25, -0.2) is 4.98 Å². The van der Waals surface area contributed by atoms with E-state index in [0.29, 0.717) is 24.8 Å². The maximum atomic E-state index is 11.5. The predicted octanol–water partition coefficient (Wildman–Crippen LogP) is 1.30. The van der Waals surface area contributed by atoms with Crippen LogP contribution in [0.25, 0.3) is 0 Å². The Labute approximate surface area is 93.2 Å². The zero-order valence-electron chi connectivity index (χ0n) is 8.36. The average Bonchev–Trinajstić information content (AvgIpc) is 2.84. The number of hydrogen-bond acceptors (Lipinski definition) is 3. The molecule has 1 saturated heterocycles. The fraction of sp³-hybridized carbons (Fsp3) is 0.600. The molecular formula is C10H13ClN2O2. The summed E-state index contributed by atoms with van der Waals surface area (Å²) in [5.74, 6) is 1.08. The minimum Gasteiger partial charge on any atom is -0.451 e. The van der Waals surface area contributed by atoms with Gasteiger partial charge in [0.15, 0.2) is 6.39 Å². The highest BCUT2D eigenvalue weighted by Crippen LogP contribution is 2.18. The number of alkyl halides is 1. The maximum absolute atomic E-state index is 11.5. The van der Waals surface area contributed by atoms with Gasteiger partial charge >= 0.3 is 0 Å². The standard InChI is InChI=1S/C10H13ClN2O2/c11-4-8-3-10(14)13(5-8)2-1-9-6-15-7-12-9/h6-8H,1-5H2. The lowest BCUT2D eigenvalue weighted by atomic mass is 10.1. The number of oxazole rings is 1. The molecule has 5 heteroatoms. The van der Waals surface area contributed by atoms with Crippen molar-refractivity contribution in [3.63, 3.8) is 0 Å². The van der Waals surface area contributed by atoms with Crippen molar-refractivity contribution in [1.29, 1.82) is 0 Å². The molecule has 1 aromatic rings. The molecule has 4 nitrogen and oxygen atoms in total. The quantitative estimate of drug-likeness (QED) is 0.730. The first-order chi connectivity index (χ1) is 7.29. The lowest BCUT2D eigenvalue weighted by Crippen LogP contribution is -2.27. The van der Waals surface area contributed by atoms with E-state index in [9.17, 15) is 4.79 Å². The molecule has 1 amide bonds. The Morgan fingerprint density at radius 3 is 3.13 bits per heavy atom. The van der Waals surface area contributed by atoms with Gasteiger partial charge in [-0.05, 0) is 5.92 Å². The van der Waals surface area contributed by atoms with Crippen LogP contribution in [0.5, 0.6) is 0 Å². The molecule has 1 fully saturated rings. The summed E-state index contributed by atoms with van der Waals surface area (Å²) in [6.07, 6.45) is 4.35. The van der Waals surface area contributed by atoms with Crippen molar-refractivity contribution >= 4 is 17.5 Å². The summed E-state index contributed by atoms with van der Waals surface area (Å²) in [4.78, 5) is 17.4. The largest absolute Gasteiger partial charge is 0.451 e. The third-order valence-corrected chi connectivity index (χ3v) is 3.07. The molecule has 0 saturated carbocycles. The summed E-state index contributed by atoms with van der Waals surface area (Å²) < 4.78 is 4.86. The molecule has 0 aliphatic carbocycles. The zero-order valence-corrected chi connectivity index (χ0v) is 9.11. The van der Waals surface area contributed by atoms with Crippen molar-refractivity contribution in [2.45, 2.75) is 12.8 Å². The fourth-order valence-corrected chi connectivity index (χ4v) is 1.99. The molecule has 0 spiro atoms. The molecule has 1 aliphatic heterocycles. The summed E-state index contributed by atoms with van der Waals surface area (Å²) in [5, 5.41) is 0. The van der Waals surface area contributed by atoms with Crippen LogP contribution in [-0.2, 0) is 11.2 Å². The normalized spacial score (nSPS) is 21.3. The number of hydrogen-bond donors (Lipinski definition) is 0. The molecule has 1 aliphatic rings. The Hall–Kier alpha value is -1.03. The minimum absolute atomic E-state index is 0.198. The Bertz CT molecular complexity index is 326. The third-order valence-electron chi connectivity index (χ3n) is 2.63. The van der Waals surface area contributed by atoms with Gasteiger partial charge in [0.25, 0.3) is 0 Å². The summed E-state index contributed by atoms with van der Waals surface area (Å²) >= 11 is 5.73. The van der Waals surface area contributed by atoms with E-state index in [1.54, 1.807) is 6.26 Å². The van der Waals surface area contributed by atoms with Crippen LogP contribution in [0.4, 0.5) is 0 Å². The Balaban J connectivity index is 1.83. The van der Waals surface area contributed by atoms with Crippen molar-refractivity contribution in [2.75, 3.05) is 19.0 Å². The van der Waals surface area contributed by atoms with E-state index in [1.807, 2.05) is 4.90 Å². The van der Waals surface area contributed by atoms with Crippen LogP contribution in [-0.4, -0.2) is 34.8 Å². The van der Waals surface area contributed by atoms with Gasteiger partial charge in [-0.15, -0.1) is 11.6 Å². The number of aromatic nitrogens is 1. The predicted molar refractivity (Wildman–Crippen MR) is 55.6 cm³/mol. The van der Waals surface area contributed by atoms with Gasteiger partial charge in [-0.3, -0.25) is 4.79 Å². The highest BCUT2D eigenvalue weighted by Gasteiger charge is 2.28. The molecular weight excluding hydrogens is 216 g/mol. The molecule has 2 rings (SSSR count). The Kier molecular flexibility index (Phi) is 3.26. The molecule has 82 valence electrons. The average molecular weight is 229 g/mol. The van der Waals surface area contributed by atoms with Gasteiger partial charge in [-0.2, -0.15) is 0 Å². The minimum atomic E-state index is 0.198. The van der Waals surface area contributed by atoms with Crippen molar-refractivity contribution in [3.8, 4) is 0 Å². The highest BCUT2D eigenvalue weighted by molar-refractivity contribution is 6.18. The van der Waals surface area contributed by atoms with E-state index >= 15 is 0 Å². The van der Waals surface area contributed by atoms with Gasteiger partial charge in [-0.1, -0.05) is 0 Å². The van der Waals surface area contributed by atoms with Gasteiger partial charge in [0.05, 0.1) is 5.69 Å². The summed E-state index contributed by atoms with van der Waals surface area (Å²) in [5.41, 5.74) is 0.886. The van der Waals surface area contributed by atoms with Crippen LogP contribution < -0.4 is 0 Å². The topological polar surface area (TPSA) is 46.3 Å². The van der Waals surface area contributed by atoms with Gasteiger partial charge in [0.2, 0.25) is 5.91 Å². The van der Waals surface area contributed by atoms with Crippen LogP contribution in [0, 0.1) is 5.92 Å². The SMILES string of the molecule is O=C1CC(CCl)CN1CCc1cocn1. The second-order valence-corrected chi connectivity index (χ2v) is 4.10. The third kappa shape index (κ3) is 2.50. The Morgan fingerprint density at radius 1 is 1.67 bits per heavy atom. The maximum Gasteiger partial charge on any atom is 0.222 e. The van der Waals surface area contributed by atoms with Crippen molar-refractivity contribution in [2.24, 2.45) is 5.92 Å². The molecule has 1 atom stereocenters. The van der Waals surface area contributed by atoms with E-state index in [1.165, 1.54) is 6.39 Å².